The van der Waals surface area contributed by atoms with Gasteiger partial charge in [0.25, 0.3) is 0 Å². The van der Waals surface area contributed by atoms with Crippen LogP contribution in [-0.2, 0) is 23.0 Å². The van der Waals surface area contributed by atoms with Crippen LogP contribution in [0.5, 0.6) is 0 Å². The summed E-state index contributed by atoms with van der Waals surface area (Å²) in [5.74, 6) is 0. The Labute approximate surface area is 130 Å². The number of nitrogens with zero attached hydrogens (tertiary/aromatic N) is 2. The Hall–Kier alpha value is -0.430. The van der Waals surface area contributed by atoms with E-state index in [-0.39, 0.29) is 5.25 Å². The quantitative estimate of drug-likeness (QED) is 0.854. The molecule has 0 amide bonds. The van der Waals surface area contributed by atoms with Crippen LogP contribution < -0.4 is 0 Å². The minimum absolute atomic E-state index is 0.0580. The number of hydrogen-bond donors (Lipinski definition) is 0. The Morgan fingerprint density at radius 3 is 2.57 bits per heavy atom. The highest BCUT2D eigenvalue weighted by Gasteiger charge is 2.41. The lowest BCUT2D eigenvalue weighted by Gasteiger charge is -2.39. The summed E-state index contributed by atoms with van der Waals surface area (Å²) in [6.07, 6.45) is 4.88. The zero-order chi connectivity index (χ0) is 14.4. The van der Waals surface area contributed by atoms with Gasteiger partial charge in [-0.1, -0.05) is 0 Å². The molecule has 0 aromatic carbocycles. The van der Waals surface area contributed by atoms with Crippen LogP contribution >= 0.6 is 11.3 Å². The van der Waals surface area contributed by atoms with E-state index in [0.29, 0.717) is 6.04 Å². The standard InChI is InChI=1S/C15H22N2O2S2/c18-21(19,14-1-2-14)17-8-3-13(4-9-17)16-7-5-15-12(11-16)6-10-20-15/h6,10,13-14H,1-5,7-9,11H2. The van der Waals surface area contributed by atoms with E-state index in [1.165, 1.54) is 5.56 Å². The average Bonchev–Trinajstić information content (AvgIpc) is 3.26. The van der Waals surface area contributed by atoms with Gasteiger partial charge in [-0.05, 0) is 49.1 Å². The Balaban J connectivity index is 1.38. The average molecular weight is 326 g/mol. The van der Waals surface area contributed by atoms with Crippen molar-refractivity contribution in [3.63, 3.8) is 0 Å². The molecule has 1 aromatic heterocycles. The maximum atomic E-state index is 12.3. The molecule has 0 bridgehead atoms. The first kappa shape index (κ1) is 14.2. The van der Waals surface area contributed by atoms with Crippen molar-refractivity contribution in [2.24, 2.45) is 0 Å². The molecule has 3 heterocycles. The summed E-state index contributed by atoms with van der Waals surface area (Å²) in [7, 11) is -2.97. The van der Waals surface area contributed by atoms with Gasteiger partial charge >= 0.3 is 0 Å². The summed E-state index contributed by atoms with van der Waals surface area (Å²) in [5, 5.41) is 2.14. The number of fused-ring (bicyclic) bond motifs is 1. The Bertz CT molecular complexity index is 613. The molecule has 2 fully saturated rings. The van der Waals surface area contributed by atoms with E-state index in [1.807, 2.05) is 11.3 Å². The summed E-state index contributed by atoms with van der Waals surface area (Å²) in [4.78, 5) is 4.11. The molecule has 1 saturated carbocycles. The smallest absolute Gasteiger partial charge is 0.216 e. The maximum absolute atomic E-state index is 12.3. The van der Waals surface area contributed by atoms with Crippen LogP contribution in [-0.4, -0.2) is 48.5 Å². The molecule has 1 aliphatic carbocycles. The van der Waals surface area contributed by atoms with Crippen molar-refractivity contribution in [1.29, 1.82) is 0 Å². The van der Waals surface area contributed by atoms with E-state index in [2.05, 4.69) is 16.3 Å². The lowest BCUT2D eigenvalue weighted by atomic mass is 10.0. The number of hydrogen-bond acceptors (Lipinski definition) is 4. The van der Waals surface area contributed by atoms with Crippen molar-refractivity contribution in [2.45, 2.75) is 49.9 Å². The van der Waals surface area contributed by atoms with E-state index >= 15 is 0 Å². The SMILES string of the molecule is O=S(=O)(C1CC1)N1CCC(N2CCc3sccc3C2)CC1. The zero-order valence-electron chi connectivity index (χ0n) is 12.2. The second kappa shape index (κ2) is 5.33. The van der Waals surface area contributed by atoms with E-state index in [0.717, 1.165) is 58.3 Å². The first-order valence-electron chi connectivity index (χ1n) is 7.93. The van der Waals surface area contributed by atoms with Crippen LogP contribution in [0.3, 0.4) is 0 Å². The first-order valence-corrected chi connectivity index (χ1v) is 10.3. The zero-order valence-corrected chi connectivity index (χ0v) is 13.8. The summed E-state index contributed by atoms with van der Waals surface area (Å²) in [5.41, 5.74) is 1.49. The molecule has 2 aliphatic heterocycles. The molecular weight excluding hydrogens is 304 g/mol. The molecule has 4 rings (SSSR count). The van der Waals surface area contributed by atoms with Crippen LogP contribution in [0.15, 0.2) is 11.4 Å². The molecule has 116 valence electrons. The molecule has 1 saturated heterocycles. The first-order chi connectivity index (χ1) is 10.1. The predicted octanol–water partition coefficient (Wildman–Crippen LogP) is 2.06. The highest BCUT2D eigenvalue weighted by molar-refractivity contribution is 7.90. The summed E-state index contributed by atoms with van der Waals surface area (Å²) >= 11 is 1.87. The van der Waals surface area contributed by atoms with Crippen LogP contribution in [0.4, 0.5) is 0 Å². The number of piperidine rings is 1. The lowest BCUT2D eigenvalue weighted by Crippen LogP contribution is -2.48. The Morgan fingerprint density at radius 2 is 1.86 bits per heavy atom. The number of sulfonamides is 1. The third kappa shape index (κ3) is 2.67. The van der Waals surface area contributed by atoms with Gasteiger partial charge in [0.2, 0.25) is 10.0 Å². The van der Waals surface area contributed by atoms with E-state index in [1.54, 1.807) is 9.18 Å². The monoisotopic (exact) mass is 326 g/mol. The fourth-order valence-electron chi connectivity index (χ4n) is 3.62. The van der Waals surface area contributed by atoms with Gasteiger partial charge in [-0.3, -0.25) is 4.90 Å². The fraction of sp³-hybridized carbons (Fsp3) is 0.733. The van der Waals surface area contributed by atoms with Crippen LogP contribution in [0.1, 0.15) is 36.1 Å². The molecule has 4 nitrogen and oxygen atoms in total. The fourth-order valence-corrected chi connectivity index (χ4v) is 6.38. The number of rotatable bonds is 3. The Morgan fingerprint density at radius 1 is 1.10 bits per heavy atom. The highest BCUT2D eigenvalue weighted by Crippen LogP contribution is 2.33. The third-order valence-corrected chi connectivity index (χ3v) is 8.50. The van der Waals surface area contributed by atoms with Crippen molar-refractivity contribution in [3.05, 3.63) is 21.9 Å². The van der Waals surface area contributed by atoms with Crippen molar-refractivity contribution < 1.29 is 8.42 Å². The van der Waals surface area contributed by atoms with Gasteiger partial charge in [-0.2, -0.15) is 0 Å². The normalized spacial score (nSPS) is 25.9. The van der Waals surface area contributed by atoms with Crippen molar-refractivity contribution in [3.8, 4) is 0 Å². The Kier molecular flexibility index (Phi) is 3.60. The van der Waals surface area contributed by atoms with Crippen LogP contribution in [0, 0.1) is 0 Å². The molecule has 6 heteroatoms. The van der Waals surface area contributed by atoms with Crippen LogP contribution in [0.2, 0.25) is 0 Å². The van der Waals surface area contributed by atoms with Crippen molar-refractivity contribution >= 4 is 21.4 Å². The van der Waals surface area contributed by atoms with E-state index in [9.17, 15) is 8.42 Å². The summed E-state index contributed by atoms with van der Waals surface area (Å²) in [6.45, 7) is 3.62. The molecule has 0 radical (unpaired) electrons. The largest absolute Gasteiger partial charge is 0.296 e. The minimum Gasteiger partial charge on any atom is -0.296 e. The minimum atomic E-state index is -2.97. The van der Waals surface area contributed by atoms with Crippen LogP contribution in [0.25, 0.3) is 0 Å². The molecule has 0 spiro atoms. The third-order valence-electron chi connectivity index (χ3n) is 5.08. The van der Waals surface area contributed by atoms with Gasteiger partial charge in [-0.25, -0.2) is 12.7 Å². The summed E-state index contributed by atoms with van der Waals surface area (Å²) < 4.78 is 26.3. The molecule has 0 N–H and O–H groups in total. The van der Waals surface area contributed by atoms with Gasteiger partial charge in [0.1, 0.15) is 0 Å². The molecule has 0 atom stereocenters. The van der Waals surface area contributed by atoms with Crippen molar-refractivity contribution in [2.75, 3.05) is 19.6 Å². The lowest BCUT2D eigenvalue weighted by molar-refractivity contribution is 0.127. The predicted molar refractivity (Wildman–Crippen MR) is 85.0 cm³/mol. The highest BCUT2D eigenvalue weighted by atomic mass is 32.2. The van der Waals surface area contributed by atoms with Crippen molar-refractivity contribution in [1.82, 2.24) is 9.21 Å². The molecule has 3 aliphatic rings. The van der Waals surface area contributed by atoms with Gasteiger partial charge in [-0.15, -0.1) is 11.3 Å². The van der Waals surface area contributed by atoms with E-state index < -0.39 is 10.0 Å². The maximum Gasteiger partial charge on any atom is 0.216 e. The van der Waals surface area contributed by atoms with Gasteiger partial charge in [0.05, 0.1) is 5.25 Å². The van der Waals surface area contributed by atoms with Gasteiger partial charge in [0.15, 0.2) is 0 Å². The molecular formula is C15H22N2O2S2. The number of thiophene rings is 1. The molecule has 21 heavy (non-hydrogen) atoms. The molecule has 0 unspecified atom stereocenters. The topological polar surface area (TPSA) is 40.6 Å². The molecule has 1 aromatic rings. The van der Waals surface area contributed by atoms with E-state index in [4.69, 9.17) is 0 Å². The summed E-state index contributed by atoms with van der Waals surface area (Å²) in [6, 6.07) is 2.81. The van der Waals surface area contributed by atoms with Gasteiger partial charge in [0, 0.05) is 37.1 Å². The second-order valence-corrected chi connectivity index (χ2v) is 9.68. The van der Waals surface area contributed by atoms with Gasteiger partial charge < -0.3 is 0 Å². The second-order valence-electron chi connectivity index (χ2n) is 6.46.